The lowest BCUT2D eigenvalue weighted by Gasteiger charge is -2.08. The van der Waals surface area contributed by atoms with Gasteiger partial charge >= 0.3 is 0 Å². The van der Waals surface area contributed by atoms with Gasteiger partial charge in [0.15, 0.2) is 0 Å². The van der Waals surface area contributed by atoms with Crippen LogP contribution in [0.2, 0.25) is 0 Å². The first kappa shape index (κ1) is 13.9. The van der Waals surface area contributed by atoms with Gasteiger partial charge in [0.25, 0.3) is 5.91 Å². The molecular formula is C16H17NO3. The average Bonchev–Trinajstić information content (AvgIpc) is 2.44. The number of aromatic hydroxyl groups is 2. The average molecular weight is 271 g/mol. The molecule has 104 valence electrons. The van der Waals surface area contributed by atoms with E-state index in [1.807, 2.05) is 30.3 Å². The molecular weight excluding hydrogens is 254 g/mol. The van der Waals surface area contributed by atoms with Gasteiger partial charge in [-0.1, -0.05) is 36.4 Å². The summed E-state index contributed by atoms with van der Waals surface area (Å²) in [6, 6.07) is 14.2. The molecule has 0 aliphatic carbocycles. The number of hydrogen-bond donors (Lipinski definition) is 3. The summed E-state index contributed by atoms with van der Waals surface area (Å²) in [5.74, 6) is -0.898. The van der Waals surface area contributed by atoms with E-state index < -0.39 is 5.91 Å². The van der Waals surface area contributed by atoms with E-state index >= 15 is 0 Å². The van der Waals surface area contributed by atoms with Gasteiger partial charge in [0.2, 0.25) is 0 Å². The van der Waals surface area contributed by atoms with Crippen LogP contribution in [-0.2, 0) is 6.42 Å². The Morgan fingerprint density at radius 1 is 0.950 bits per heavy atom. The highest BCUT2D eigenvalue weighted by Gasteiger charge is 2.14. The van der Waals surface area contributed by atoms with Crippen molar-refractivity contribution in [3.8, 4) is 11.5 Å². The maximum atomic E-state index is 11.9. The summed E-state index contributed by atoms with van der Waals surface area (Å²) in [4.78, 5) is 11.9. The van der Waals surface area contributed by atoms with Crippen molar-refractivity contribution in [1.82, 2.24) is 5.32 Å². The van der Waals surface area contributed by atoms with Crippen molar-refractivity contribution in [2.24, 2.45) is 0 Å². The molecule has 0 bridgehead atoms. The molecule has 2 aromatic rings. The molecule has 0 aromatic heterocycles. The first-order valence-electron chi connectivity index (χ1n) is 6.51. The quantitative estimate of drug-likeness (QED) is 0.732. The van der Waals surface area contributed by atoms with Crippen LogP contribution in [0.3, 0.4) is 0 Å². The van der Waals surface area contributed by atoms with Gasteiger partial charge in [0.1, 0.15) is 17.1 Å². The molecule has 0 aliphatic rings. The van der Waals surface area contributed by atoms with Crippen molar-refractivity contribution in [1.29, 1.82) is 0 Å². The Hall–Kier alpha value is -2.49. The molecule has 0 radical (unpaired) electrons. The van der Waals surface area contributed by atoms with Gasteiger partial charge in [-0.15, -0.1) is 0 Å². The second-order valence-electron chi connectivity index (χ2n) is 4.52. The lowest BCUT2D eigenvalue weighted by molar-refractivity contribution is 0.0948. The number of amides is 1. The molecule has 0 unspecified atom stereocenters. The zero-order valence-corrected chi connectivity index (χ0v) is 11.0. The van der Waals surface area contributed by atoms with E-state index in [9.17, 15) is 15.0 Å². The number of benzene rings is 2. The number of rotatable bonds is 5. The standard InChI is InChI=1S/C16H17NO3/c18-13-9-4-10-14(19)15(13)16(20)17-11-5-8-12-6-2-1-3-7-12/h1-4,6-7,9-10,18-19H,5,8,11H2,(H,17,20). The van der Waals surface area contributed by atoms with Crippen LogP contribution in [0.1, 0.15) is 22.3 Å². The Labute approximate surface area is 117 Å². The van der Waals surface area contributed by atoms with Gasteiger partial charge in [0, 0.05) is 6.54 Å². The van der Waals surface area contributed by atoms with Crippen molar-refractivity contribution in [3.63, 3.8) is 0 Å². The summed E-state index contributed by atoms with van der Waals surface area (Å²) < 4.78 is 0. The number of hydrogen-bond acceptors (Lipinski definition) is 3. The Balaban J connectivity index is 1.84. The van der Waals surface area contributed by atoms with Crippen molar-refractivity contribution in [2.45, 2.75) is 12.8 Å². The van der Waals surface area contributed by atoms with Crippen molar-refractivity contribution in [2.75, 3.05) is 6.54 Å². The minimum atomic E-state index is -0.464. The molecule has 4 nitrogen and oxygen atoms in total. The zero-order valence-electron chi connectivity index (χ0n) is 11.0. The third kappa shape index (κ3) is 3.51. The molecule has 0 saturated heterocycles. The fourth-order valence-corrected chi connectivity index (χ4v) is 1.99. The molecule has 0 fully saturated rings. The topological polar surface area (TPSA) is 69.6 Å². The van der Waals surface area contributed by atoms with Crippen molar-refractivity contribution >= 4 is 5.91 Å². The highest BCUT2D eigenvalue weighted by atomic mass is 16.3. The summed E-state index contributed by atoms with van der Waals surface area (Å²) in [7, 11) is 0. The maximum absolute atomic E-state index is 11.9. The minimum Gasteiger partial charge on any atom is -0.507 e. The molecule has 4 heteroatoms. The monoisotopic (exact) mass is 271 g/mol. The summed E-state index contributed by atoms with van der Waals surface area (Å²) in [6.45, 7) is 0.488. The number of nitrogens with one attached hydrogen (secondary N) is 1. The van der Waals surface area contributed by atoms with Crippen LogP contribution >= 0.6 is 0 Å². The molecule has 2 rings (SSSR count). The van der Waals surface area contributed by atoms with Crippen LogP contribution in [0.4, 0.5) is 0 Å². The van der Waals surface area contributed by atoms with Crippen molar-refractivity contribution < 1.29 is 15.0 Å². The molecule has 1 amide bonds. The Morgan fingerprint density at radius 3 is 2.25 bits per heavy atom. The van der Waals surface area contributed by atoms with Gasteiger partial charge < -0.3 is 15.5 Å². The van der Waals surface area contributed by atoms with E-state index in [0.717, 1.165) is 12.8 Å². The zero-order chi connectivity index (χ0) is 14.4. The van der Waals surface area contributed by atoms with E-state index in [4.69, 9.17) is 0 Å². The van der Waals surface area contributed by atoms with E-state index in [2.05, 4.69) is 5.32 Å². The highest BCUT2D eigenvalue weighted by Crippen LogP contribution is 2.25. The van der Waals surface area contributed by atoms with Gasteiger partial charge in [-0.25, -0.2) is 0 Å². The molecule has 2 aromatic carbocycles. The Kier molecular flexibility index (Phi) is 4.60. The predicted molar refractivity (Wildman–Crippen MR) is 76.9 cm³/mol. The number of phenols is 2. The largest absolute Gasteiger partial charge is 0.507 e. The number of aryl methyl sites for hydroxylation is 1. The Bertz CT molecular complexity index is 561. The lowest BCUT2D eigenvalue weighted by Crippen LogP contribution is -2.24. The summed E-state index contributed by atoms with van der Waals surface area (Å²) >= 11 is 0. The maximum Gasteiger partial charge on any atom is 0.258 e. The molecule has 0 saturated carbocycles. The normalized spacial score (nSPS) is 10.2. The second kappa shape index (κ2) is 6.61. The molecule has 20 heavy (non-hydrogen) atoms. The predicted octanol–water partition coefficient (Wildman–Crippen LogP) is 2.46. The first-order chi connectivity index (χ1) is 9.68. The number of carbonyl (C=O) groups is 1. The summed E-state index contributed by atoms with van der Waals surface area (Å²) in [5.41, 5.74) is 1.14. The summed E-state index contributed by atoms with van der Waals surface area (Å²) in [6.07, 6.45) is 1.66. The van der Waals surface area contributed by atoms with Crippen LogP contribution in [0.5, 0.6) is 11.5 Å². The molecule has 0 heterocycles. The minimum absolute atomic E-state index is 0.0767. The van der Waals surface area contributed by atoms with Crippen LogP contribution in [0, 0.1) is 0 Å². The van der Waals surface area contributed by atoms with Crippen LogP contribution in [0.15, 0.2) is 48.5 Å². The van der Waals surface area contributed by atoms with Gasteiger partial charge in [-0.3, -0.25) is 4.79 Å². The van der Waals surface area contributed by atoms with Crippen molar-refractivity contribution in [3.05, 3.63) is 59.7 Å². The molecule has 0 aliphatic heterocycles. The smallest absolute Gasteiger partial charge is 0.258 e. The third-order valence-electron chi connectivity index (χ3n) is 3.02. The van der Waals surface area contributed by atoms with E-state index in [0.29, 0.717) is 6.54 Å². The molecule has 0 spiro atoms. The molecule has 3 N–H and O–H groups in total. The van der Waals surface area contributed by atoms with Gasteiger partial charge in [-0.05, 0) is 30.5 Å². The molecule has 0 atom stereocenters. The number of carbonyl (C=O) groups excluding carboxylic acids is 1. The van der Waals surface area contributed by atoms with Gasteiger partial charge in [0.05, 0.1) is 0 Å². The van der Waals surface area contributed by atoms with Crippen LogP contribution in [-0.4, -0.2) is 22.7 Å². The lowest BCUT2D eigenvalue weighted by atomic mass is 10.1. The van der Waals surface area contributed by atoms with Crippen LogP contribution in [0.25, 0.3) is 0 Å². The van der Waals surface area contributed by atoms with E-state index in [-0.39, 0.29) is 17.1 Å². The second-order valence-corrected chi connectivity index (χ2v) is 4.52. The fraction of sp³-hybridized carbons (Fsp3) is 0.188. The van der Waals surface area contributed by atoms with E-state index in [1.165, 1.54) is 23.8 Å². The fourth-order valence-electron chi connectivity index (χ4n) is 1.99. The van der Waals surface area contributed by atoms with E-state index in [1.54, 1.807) is 0 Å². The van der Waals surface area contributed by atoms with Crippen LogP contribution < -0.4 is 5.32 Å². The number of phenolic OH excluding ortho intramolecular Hbond substituents is 2. The third-order valence-corrected chi connectivity index (χ3v) is 3.02. The first-order valence-corrected chi connectivity index (χ1v) is 6.51. The highest BCUT2D eigenvalue weighted by molar-refractivity contribution is 5.99. The van der Waals surface area contributed by atoms with Gasteiger partial charge in [-0.2, -0.15) is 0 Å². The summed E-state index contributed by atoms with van der Waals surface area (Å²) in [5, 5.41) is 21.8. The Morgan fingerprint density at radius 2 is 1.60 bits per heavy atom. The SMILES string of the molecule is O=C(NCCCc1ccccc1)c1c(O)cccc1O.